The molecule has 0 radical (unpaired) electrons. The molecule has 0 aliphatic carbocycles. The molecule has 9 nitrogen and oxygen atoms in total. The van der Waals surface area contributed by atoms with Gasteiger partial charge in [0.1, 0.15) is 10.8 Å². The van der Waals surface area contributed by atoms with Gasteiger partial charge in [-0.15, -0.1) is 11.3 Å². The molecule has 4 heterocycles. The second-order valence-corrected chi connectivity index (χ2v) is 13.3. The van der Waals surface area contributed by atoms with E-state index in [2.05, 4.69) is 36.0 Å². The van der Waals surface area contributed by atoms with Gasteiger partial charge in [0.2, 0.25) is 0 Å². The Bertz CT molecular complexity index is 1450. The molecule has 0 unspecified atom stereocenters. The number of carbonyl (C=O) groups is 2. The van der Waals surface area contributed by atoms with Crippen LogP contribution in [0, 0.1) is 11.2 Å². The standard InChI is InChI=1S/C29H33BrFN5O4S2/c1-4-40-26(37)24-20(19-6-5-17(31)11-21(19)30)12-22(25-32-7-10-42-25)33-23(24)15-34-8-9-36-18(13-34)14-35(28(36)41)16-29(2,3)27(38)39/h5-7,10-12,18,20,33H,4,8-9,13-16H2,1-3H3,(H,38,39)/t18-,20-/m0/s1. The number of thiazole rings is 1. The third kappa shape index (κ3) is 6.24. The smallest absolute Gasteiger partial charge is 0.336 e. The van der Waals surface area contributed by atoms with Crippen LogP contribution in [0.2, 0.25) is 0 Å². The van der Waals surface area contributed by atoms with E-state index in [4.69, 9.17) is 17.0 Å². The minimum Gasteiger partial charge on any atom is -0.481 e. The third-order valence-corrected chi connectivity index (χ3v) is 9.76. The number of carbonyl (C=O) groups excluding carboxylic acids is 1. The van der Waals surface area contributed by atoms with Crippen LogP contribution in [0.1, 0.15) is 37.3 Å². The number of carboxylic acid groups (broad SMARTS) is 1. The first kappa shape index (κ1) is 30.6. The van der Waals surface area contributed by atoms with Crippen molar-refractivity contribution in [3.8, 4) is 0 Å². The van der Waals surface area contributed by atoms with Gasteiger partial charge in [-0.25, -0.2) is 14.2 Å². The predicted octanol–water partition coefficient (Wildman–Crippen LogP) is 4.29. The van der Waals surface area contributed by atoms with Crippen LogP contribution in [-0.2, 0) is 14.3 Å². The van der Waals surface area contributed by atoms with Crippen LogP contribution in [0.3, 0.4) is 0 Å². The Morgan fingerprint density at radius 1 is 1.31 bits per heavy atom. The monoisotopic (exact) mass is 677 g/mol. The van der Waals surface area contributed by atoms with Crippen LogP contribution in [0.15, 0.2) is 51.6 Å². The normalized spacial score (nSPS) is 21.3. The lowest BCUT2D eigenvalue weighted by atomic mass is 9.86. The number of esters is 1. The summed E-state index contributed by atoms with van der Waals surface area (Å²) in [5.41, 5.74) is 1.78. The van der Waals surface area contributed by atoms with E-state index in [-0.39, 0.29) is 18.5 Å². The van der Waals surface area contributed by atoms with Gasteiger partial charge in [0, 0.05) is 66.9 Å². The summed E-state index contributed by atoms with van der Waals surface area (Å²) in [6.07, 6.45) is 3.68. The fourth-order valence-electron chi connectivity index (χ4n) is 5.66. The molecular weight excluding hydrogens is 645 g/mol. The zero-order valence-electron chi connectivity index (χ0n) is 23.6. The molecule has 1 aromatic heterocycles. The molecule has 2 N–H and O–H groups in total. The summed E-state index contributed by atoms with van der Waals surface area (Å²) in [6.45, 7) is 8.92. The lowest BCUT2D eigenvalue weighted by molar-refractivity contribution is -0.147. The number of halogens is 2. The number of allylic oxidation sites excluding steroid dienone is 1. The Kier molecular flexibility index (Phi) is 9.02. The SMILES string of the molecule is CCOC(=O)C1=C(CN2CCN3C(=S)N(CC(C)(C)C(=O)O)C[C@@H]3C2)NC(c2nccs2)=C[C@H]1c1ccc(F)cc1Br. The fraction of sp³-hybridized carbons (Fsp3) is 0.448. The average Bonchev–Trinajstić information content (AvgIpc) is 3.57. The van der Waals surface area contributed by atoms with Crippen LogP contribution in [0.5, 0.6) is 0 Å². The molecule has 224 valence electrons. The largest absolute Gasteiger partial charge is 0.481 e. The van der Waals surface area contributed by atoms with Crippen molar-refractivity contribution in [3.05, 3.63) is 68.0 Å². The predicted molar refractivity (Wildman–Crippen MR) is 166 cm³/mol. The number of hydrogen-bond acceptors (Lipinski definition) is 8. The number of hydrogen-bond donors (Lipinski definition) is 2. The number of aliphatic carboxylic acids is 1. The minimum atomic E-state index is -0.925. The molecule has 2 aromatic rings. The molecule has 1 aromatic carbocycles. The Balaban J connectivity index is 1.45. The van der Waals surface area contributed by atoms with Gasteiger partial charge in [-0.2, -0.15) is 0 Å². The van der Waals surface area contributed by atoms with Gasteiger partial charge in [-0.3, -0.25) is 9.69 Å². The maximum atomic E-state index is 14.0. The number of nitrogens with one attached hydrogen (secondary N) is 1. The van der Waals surface area contributed by atoms with Crippen LogP contribution in [-0.4, -0.2) is 93.8 Å². The van der Waals surface area contributed by atoms with Crippen LogP contribution in [0.25, 0.3) is 5.70 Å². The quantitative estimate of drug-likeness (QED) is 0.296. The topological polar surface area (TPSA) is 98.2 Å². The average molecular weight is 679 g/mol. The molecule has 2 saturated heterocycles. The number of nitrogens with zero attached hydrogens (tertiary/aromatic N) is 4. The van der Waals surface area contributed by atoms with Crippen LogP contribution >= 0.6 is 39.5 Å². The van der Waals surface area contributed by atoms with Gasteiger partial charge < -0.3 is 25.0 Å². The molecule has 0 bridgehead atoms. The molecule has 13 heteroatoms. The first-order valence-corrected chi connectivity index (χ1v) is 15.8. The van der Waals surface area contributed by atoms with E-state index in [9.17, 15) is 19.1 Å². The number of ether oxygens (including phenoxy) is 1. The van der Waals surface area contributed by atoms with E-state index in [0.717, 1.165) is 16.3 Å². The zero-order chi connectivity index (χ0) is 30.2. The van der Waals surface area contributed by atoms with E-state index in [1.54, 1.807) is 33.0 Å². The first-order valence-electron chi connectivity index (χ1n) is 13.7. The van der Waals surface area contributed by atoms with Gasteiger partial charge in [0.05, 0.1) is 29.3 Å². The molecule has 3 aliphatic heterocycles. The number of fused-ring (bicyclic) bond motifs is 1. The van der Waals surface area contributed by atoms with Crippen molar-refractivity contribution in [2.24, 2.45) is 5.41 Å². The van der Waals surface area contributed by atoms with Crippen molar-refractivity contribution in [2.75, 3.05) is 45.9 Å². The summed E-state index contributed by atoms with van der Waals surface area (Å²) in [5, 5.41) is 16.5. The molecule has 0 spiro atoms. The Labute approximate surface area is 262 Å². The van der Waals surface area contributed by atoms with Crippen molar-refractivity contribution in [2.45, 2.75) is 32.7 Å². The van der Waals surface area contributed by atoms with Gasteiger partial charge >= 0.3 is 11.9 Å². The summed E-state index contributed by atoms with van der Waals surface area (Å²) >= 11 is 10.7. The van der Waals surface area contributed by atoms with Crippen LogP contribution in [0.4, 0.5) is 4.39 Å². The Morgan fingerprint density at radius 2 is 2.10 bits per heavy atom. The van der Waals surface area contributed by atoms with E-state index in [1.165, 1.54) is 23.5 Å². The summed E-state index contributed by atoms with van der Waals surface area (Å²) in [5.74, 6) is -2.16. The van der Waals surface area contributed by atoms with Crippen molar-refractivity contribution in [1.29, 1.82) is 0 Å². The third-order valence-electron chi connectivity index (χ3n) is 7.77. The van der Waals surface area contributed by atoms with Crippen molar-refractivity contribution < 1.29 is 23.8 Å². The number of thiocarbonyl (C=S) groups is 1. The van der Waals surface area contributed by atoms with E-state index >= 15 is 0 Å². The molecule has 2 atom stereocenters. The van der Waals surface area contributed by atoms with Gasteiger partial charge in [-0.05, 0) is 56.8 Å². The van der Waals surface area contributed by atoms with Gasteiger partial charge in [-0.1, -0.05) is 22.0 Å². The number of dihydropyridines is 1. The fourth-order valence-corrected chi connectivity index (χ4v) is 7.25. The highest BCUT2D eigenvalue weighted by molar-refractivity contribution is 9.10. The second-order valence-electron chi connectivity index (χ2n) is 11.2. The maximum absolute atomic E-state index is 14.0. The van der Waals surface area contributed by atoms with E-state index < -0.39 is 23.3 Å². The number of piperazine rings is 1. The first-order chi connectivity index (χ1) is 20.0. The van der Waals surface area contributed by atoms with E-state index in [0.29, 0.717) is 60.1 Å². The molecule has 3 aliphatic rings. The summed E-state index contributed by atoms with van der Waals surface area (Å²) in [4.78, 5) is 36.2. The molecule has 0 amide bonds. The Morgan fingerprint density at radius 3 is 2.76 bits per heavy atom. The molecule has 5 rings (SSSR count). The maximum Gasteiger partial charge on any atom is 0.336 e. The molecule has 2 fully saturated rings. The molecule has 42 heavy (non-hydrogen) atoms. The lowest BCUT2D eigenvalue weighted by Gasteiger charge is -2.39. The molecule has 0 saturated carbocycles. The Hall–Kier alpha value is -2.87. The summed E-state index contributed by atoms with van der Waals surface area (Å²) in [7, 11) is 0. The second kappa shape index (κ2) is 12.4. The summed E-state index contributed by atoms with van der Waals surface area (Å²) in [6, 6.07) is 4.58. The van der Waals surface area contributed by atoms with Gasteiger partial charge in [0.15, 0.2) is 5.11 Å². The highest BCUT2D eigenvalue weighted by atomic mass is 79.9. The highest BCUT2D eigenvalue weighted by Gasteiger charge is 2.42. The van der Waals surface area contributed by atoms with Crippen molar-refractivity contribution in [3.63, 3.8) is 0 Å². The number of rotatable bonds is 9. The molecular formula is C29H33BrFN5O4S2. The minimum absolute atomic E-state index is 0.0992. The summed E-state index contributed by atoms with van der Waals surface area (Å²) < 4.78 is 20.1. The van der Waals surface area contributed by atoms with Crippen molar-refractivity contribution in [1.82, 2.24) is 25.0 Å². The zero-order valence-corrected chi connectivity index (χ0v) is 26.8. The number of carboxylic acids is 1. The van der Waals surface area contributed by atoms with Crippen molar-refractivity contribution >= 4 is 62.2 Å². The number of aromatic nitrogens is 1. The highest BCUT2D eigenvalue weighted by Crippen LogP contribution is 2.39. The van der Waals surface area contributed by atoms with E-state index in [1.807, 2.05) is 16.4 Å². The lowest BCUT2D eigenvalue weighted by Crippen LogP contribution is -2.53. The number of benzene rings is 1. The van der Waals surface area contributed by atoms with Crippen LogP contribution < -0.4 is 5.32 Å². The van der Waals surface area contributed by atoms with Gasteiger partial charge in [0.25, 0.3) is 0 Å².